The number of hydrogen-bond acceptors (Lipinski definition) is 2. The van der Waals surface area contributed by atoms with E-state index in [2.05, 4.69) is 20.9 Å². The molecular weight excluding hydrogens is 370 g/mol. The molecular formula is C18H16BrN3O2. The number of amides is 2. The Morgan fingerprint density at radius 1 is 1.08 bits per heavy atom. The van der Waals surface area contributed by atoms with Crippen molar-refractivity contribution < 1.29 is 9.59 Å². The zero-order valence-electron chi connectivity index (χ0n) is 13.3. The van der Waals surface area contributed by atoms with Gasteiger partial charge in [-0.1, -0.05) is 28.1 Å². The number of H-pyrrole nitrogens is 1. The van der Waals surface area contributed by atoms with Crippen LogP contribution in [0.4, 0.5) is 0 Å². The lowest BCUT2D eigenvalue weighted by Crippen LogP contribution is -2.21. The van der Waals surface area contributed by atoms with E-state index in [1.54, 1.807) is 38.4 Å². The van der Waals surface area contributed by atoms with Crippen molar-refractivity contribution in [2.75, 3.05) is 14.1 Å². The lowest BCUT2D eigenvalue weighted by molar-refractivity contribution is 0.0827. The Morgan fingerprint density at radius 2 is 1.75 bits per heavy atom. The topological polar surface area (TPSA) is 79.2 Å². The maximum absolute atomic E-state index is 12.0. The van der Waals surface area contributed by atoms with Crippen LogP contribution in [-0.4, -0.2) is 35.8 Å². The average Bonchev–Trinajstić information content (AvgIpc) is 3.00. The second-order valence-corrected chi connectivity index (χ2v) is 6.56. The molecule has 122 valence electrons. The number of nitrogens with two attached hydrogens (primary N) is 1. The number of nitrogens with one attached hydrogen (secondary N) is 1. The van der Waals surface area contributed by atoms with Crippen LogP contribution in [0, 0.1) is 0 Å². The summed E-state index contributed by atoms with van der Waals surface area (Å²) in [7, 11) is 3.44. The summed E-state index contributed by atoms with van der Waals surface area (Å²) in [5, 5.41) is 0.884. The van der Waals surface area contributed by atoms with Gasteiger partial charge >= 0.3 is 0 Å². The zero-order valence-corrected chi connectivity index (χ0v) is 14.8. The van der Waals surface area contributed by atoms with Gasteiger partial charge < -0.3 is 15.6 Å². The van der Waals surface area contributed by atoms with E-state index in [-0.39, 0.29) is 5.91 Å². The van der Waals surface area contributed by atoms with Gasteiger partial charge in [0.15, 0.2) is 0 Å². The molecule has 6 heteroatoms. The molecule has 3 aromatic rings. The van der Waals surface area contributed by atoms with Crippen LogP contribution < -0.4 is 5.73 Å². The fraction of sp³-hybridized carbons (Fsp3) is 0.111. The molecule has 3 rings (SSSR count). The SMILES string of the molecule is CN(C)C(=O)c1ccc(-c2cc3c(Br)ccc(C(N)=O)c3[nH]2)cc1. The van der Waals surface area contributed by atoms with Gasteiger partial charge in [-0.3, -0.25) is 9.59 Å². The number of fused-ring (bicyclic) bond motifs is 1. The van der Waals surface area contributed by atoms with Gasteiger partial charge in [-0.05, 0) is 35.9 Å². The number of carbonyl (C=O) groups is 2. The van der Waals surface area contributed by atoms with Gasteiger partial charge in [-0.2, -0.15) is 0 Å². The van der Waals surface area contributed by atoms with Crippen molar-refractivity contribution >= 4 is 38.6 Å². The van der Waals surface area contributed by atoms with Gasteiger partial charge in [0.1, 0.15) is 0 Å². The Kier molecular flexibility index (Phi) is 4.15. The molecule has 0 atom stereocenters. The van der Waals surface area contributed by atoms with Crippen LogP contribution in [0.1, 0.15) is 20.7 Å². The van der Waals surface area contributed by atoms with Crippen molar-refractivity contribution in [1.82, 2.24) is 9.88 Å². The zero-order chi connectivity index (χ0) is 17.4. The first-order chi connectivity index (χ1) is 11.4. The van der Waals surface area contributed by atoms with E-state index in [1.807, 2.05) is 18.2 Å². The lowest BCUT2D eigenvalue weighted by Gasteiger charge is -2.10. The van der Waals surface area contributed by atoms with Crippen LogP contribution in [0.2, 0.25) is 0 Å². The van der Waals surface area contributed by atoms with Crippen LogP contribution in [0.15, 0.2) is 46.9 Å². The van der Waals surface area contributed by atoms with Gasteiger partial charge in [0.2, 0.25) is 0 Å². The molecule has 3 N–H and O–H groups in total. The highest BCUT2D eigenvalue weighted by Gasteiger charge is 2.14. The summed E-state index contributed by atoms with van der Waals surface area (Å²) in [6, 6.07) is 12.8. The Balaban J connectivity index is 2.07. The van der Waals surface area contributed by atoms with Gasteiger partial charge in [-0.25, -0.2) is 0 Å². The predicted octanol–water partition coefficient (Wildman–Crippen LogP) is 3.40. The van der Waals surface area contributed by atoms with Crippen LogP contribution >= 0.6 is 15.9 Å². The number of halogens is 1. The first-order valence-corrected chi connectivity index (χ1v) is 8.11. The standard InChI is InChI=1S/C18H16BrN3O2/c1-22(2)18(24)11-5-3-10(4-6-11)15-9-13-14(19)8-7-12(17(20)23)16(13)21-15/h3-9,21H,1-2H3,(H2,20,23). The number of aromatic nitrogens is 1. The van der Waals surface area contributed by atoms with Gasteiger partial charge in [0.25, 0.3) is 11.8 Å². The van der Waals surface area contributed by atoms with Crippen LogP contribution in [0.3, 0.4) is 0 Å². The van der Waals surface area contributed by atoms with Crippen molar-refractivity contribution in [3.05, 3.63) is 58.1 Å². The fourth-order valence-corrected chi connectivity index (χ4v) is 3.04. The molecule has 0 fully saturated rings. The summed E-state index contributed by atoms with van der Waals surface area (Å²) >= 11 is 3.49. The molecule has 0 saturated carbocycles. The van der Waals surface area contributed by atoms with Crippen molar-refractivity contribution in [2.24, 2.45) is 5.73 Å². The number of carbonyl (C=O) groups excluding carboxylic acids is 2. The van der Waals surface area contributed by atoms with Crippen LogP contribution in [0.25, 0.3) is 22.2 Å². The molecule has 0 aliphatic rings. The van der Waals surface area contributed by atoms with E-state index in [0.717, 1.165) is 21.1 Å². The predicted molar refractivity (Wildman–Crippen MR) is 98.0 cm³/mol. The smallest absolute Gasteiger partial charge is 0.253 e. The quantitative estimate of drug-likeness (QED) is 0.724. The summed E-state index contributed by atoms with van der Waals surface area (Å²) in [6.45, 7) is 0. The minimum Gasteiger partial charge on any atom is -0.366 e. The highest BCUT2D eigenvalue weighted by atomic mass is 79.9. The molecule has 0 bridgehead atoms. The Hall–Kier alpha value is -2.60. The first-order valence-electron chi connectivity index (χ1n) is 7.31. The molecule has 0 aliphatic carbocycles. The Bertz CT molecular complexity index is 943. The van der Waals surface area contributed by atoms with E-state index in [4.69, 9.17) is 5.73 Å². The van der Waals surface area contributed by atoms with Crippen LogP contribution in [-0.2, 0) is 0 Å². The lowest BCUT2D eigenvalue weighted by atomic mass is 10.1. The summed E-state index contributed by atoms with van der Waals surface area (Å²) in [5.74, 6) is -0.523. The number of primary amides is 1. The summed E-state index contributed by atoms with van der Waals surface area (Å²) in [6.07, 6.45) is 0. The second kappa shape index (κ2) is 6.13. The molecule has 5 nitrogen and oxygen atoms in total. The third kappa shape index (κ3) is 2.80. The largest absolute Gasteiger partial charge is 0.366 e. The van der Waals surface area contributed by atoms with E-state index in [1.165, 1.54) is 4.90 Å². The van der Waals surface area contributed by atoms with E-state index >= 15 is 0 Å². The fourth-order valence-electron chi connectivity index (χ4n) is 2.60. The average molecular weight is 386 g/mol. The normalized spacial score (nSPS) is 10.8. The van der Waals surface area contributed by atoms with Gasteiger partial charge in [-0.15, -0.1) is 0 Å². The van der Waals surface area contributed by atoms with E-state index < -0.39 is 5.91 Å². The highest BCUT2D eigenvalue weighted by Crippen LogP contribution is 2.31. The Labute approximate surface area is 147 Å². The minimum absolute atomic E-state index is 0.0445. The summed E-state index contributed by atoms with van der Waals surface area (Å²) < 4.78 is 0.879. The van der Waals surface area contributed by atoms with Crippen molar-refractivity contribution in [3.8, 4) is 11.3 Å². The molecule has 24 heavy (non-hydrogen) atoms. The van der Waals surface area contributed by atoms with Crippen molar-refractivity contribution in [3.63, 3.8) is 0 Å². The molecule has 0 saturated heterocycles. The molecule has 1 heterocycles. The van der Waals surface area contributed by atoms with Crippen molar-refractivity contribution in [1.29, 1.82) is 0 Å². The summed E-state index contributed by atoms with van der Waals surface area (Å²) in [4.78, 5) is 28.3. The monoisotopic (exact) mass is 385 g/mol. The molecule has 0 spiro atoms. The van der Waals surface area contributed by atoms with Crippen LogP contribution in [0.5, 0.6) is 0 Å². The number of aromatic amines is 1. The third-order valence-electron chi connectivity index (χ3n) is 3.86. The molecule has 2 amide bonds. The maximum Gasteiger partial charge on any atom is 0.253 e. The highest BCUT2D eigenvalue weighted by molar-refractivity contribution is 9.10. The van der Waals surface area contributed by atoms with Crippen molar-refractivity contribution in [2.45, 2.75) is 0 Å². The number of nitrogens with zero attached hydrogens (tertiary/aromatic N) is 1. The first kappa shape index (κ1) is 16.3. The van der Waals surface area contributed by atoms with E-state index in [9.17, 15) is 9.59 Å². The maximum atomic E-state index is 12.0. The third-order valence-corrected chi connectivity index (χ3v) is 4.55. The number of rotatable bonds is 3. The van der Waals surface area contributed by atoms with Gasteiger partial charge in [0.05, 0.1) is 11.1 Å². The Morgan fingerprint density at radius 3 is 2.33 bits per heavy atom. The minimum atomic E-state index is -0.479. The molecule has 0 unspecified atom stereocenters. The summed E-state index contributed by atoms with van der Waals surface area (Å²) in [5.41, 5.74) is 8.98. The van der Waals surface area contributed by atoms with E-state index in [0.29, 0.717) is 16.6 Å². The number of hydrogen-bond donors (Lipinski definition) is 2. The number of benzene rings is 2. The van der Waals surface area contributed by atoms with Gasteiger partial charge in [0, 0.05) is 35.2 Å². The second-order valence-electron chi connectivity index (χ2n) is 5.71. The molecule has 0 radical (unpaired) electrons. The molecule has 1 aromatic heterocycles. The molecule has 0 aliphatic heterocycles. The molecule has 2 aromatic carbocycles.